The first-order chi connectivity index (χ1) is 31.4. The first-order valence-electron chi connectivity index (χ1n) is 22.3. The molecule has 0 aliphatic heterocycles. The number of hydrogen-bond donors (Lipinski definition) is 0. The van der Waals surface area contributed by atoms with Gasteiger partial charge in [-0.2, -0.15) is 0 Å². The van der Waals surface area contributed by atoms with Crippen molar-refractivity contribution in [1.82, 2.24) is 34.7 Å². The van der Waals surface area contributed by atoms with Gasteiger partial charge in [-0.15, -0.1) is 5.10 Å². The molecule has 0 saturated carbocycles. The maximum Gasteiger partial charge on any atom is 0.228 e. The summed E-state index contributed by atoms with van der Waals surface area (Å²) in [5.41, 5.74) is 9.10. The smallest absolute Gasteiger partial charge is 0.228 e. The Morgan fingerprint density at radius 1 is 0.625 bits per heavy atom. The third-order valence-corrected chi connectivity index (χ3v) is 11.9. The van der Waals surface area contributed by atoms with E-state index in [-0.39, 0.29) is 11.8 Å². The normalized spacial score (nSPS) is 11.6. The van der Waals surface area contributed by atoms with Crippen molar-refractivity contribution in [3.63, 3.8) is 0 Å². The zero-order chi connectivity index (χ0) is 43.9. The summed E-state index contributed by atoms with van der Waals surface area (Å²) in [6, 6.07) is 62.6. The van der Waals surface area contributed by atoms with Gasteiger partial charge in [0.1, 0.15) is 22.7 Å². The van der Waals surface area contributed by atoms with Crippen LogP contribution in [-0.2, 0) is 29.7 Å². The van der Waals surface area contributed by atoms with Crippen molar-refractivity contribution in [3.05, 3.63) is 216 Å². The molecule has 0 saturated heterocycles. The van der Waals surface area contributed by atoms with Crippen LogP contribution < -0.4 is 4.90 Å². The largest absolute Gasteiger partial charge is 0.308 e. The summed E-state index contributed by atoms with van der Waals surface area (Å²) in [7, 11) is 0. The van der Waals surface area contributed by atoms with E-state index in [2.05, 4.69) is 158 Å². The SMILES string of the molecule is CCCc1nc2ccc(N(CC(C)C)C(=O)CCc3ccccc3)nc2n1Cc1ccc(-c2ccccc2-c2nnnn2C(c2ccccc2)(c2ccccc2)c2ccccc2)cc1. The molecule has 64 heavy (non-hydrogen) atoms. The second kappa shape index (κ2) is 18.8. The van der Waals surface area contributed by atoms with Gasteiger partial charge in [-0.1, -0.05) is 191 Å². The van der Waals surface area contributed by atoms with Crippen molar-refractivity contribution in [1.29, 1.82) is 0 Å². The Hall–Kier alpha value is -7.52. The van der Waals surface area contributed by atoms with Gasteiger partial charge in [-0.25, -0.2) is 14.6 Å². The molecule has 9 heteroatoms. The topological polar surface area (TPSA) is 94.6 Å². The molecular weight excluding hydrogens is 789 g/mol. The molecule has 0 atom stereocenters. The Morgan fingerprint density at radius 3 is 1.80 bits per heavy atom. The van der Waals surface area contributed by atoms with Gasteiger partial charge in [-0.3, -0.25) is 9.69 Å². The van der Waals surface area contributed by atoms with Crippen molar-refractivity contribution in [2.45, 2.75) is 58.5 Å². The predicted molar refractivity (Wildman–Crippen MR) is 256 cm³/mol. The highest BCUT2D eigenvalue weighted by molar-refractivity contribution is 5.93. The minimum Gasteiger partial charge on any atom is -0.308 e. The van der Waals surface area contributed by atoms with E-state index in [9.17, 15) is 4.79 Å². The number of imidazole rings is 1. The van der Waals surface area contributed by atoms with E-state index in [0.29, 0.717) is 37.6 Å². The number of carbonyl (C=O) groups is 1. The minimum absolute atomic E-state index is 0.0695. The van der Waals surface area contributed by atoms with Gasteiger partial charge in [0.05, 0.1) is 6.54 Å². The molecule has 3 heterocycles. The zero-order valence-electron chi connectivity index (χ0n) is 36.6. The third-order valence-electron chi connectivity index (χ3n) is 11.9. The predicted octanol–water partition coefficient (Wildman–Crippen LogP) is 11.2. The first kappa shape index (κ1) is 41.8. The van der Waals surface area contributed by atoms with Crippen LogP contribution in [0.1, 0.15) is 67.3 Å². The summed E-state index contributed by atoms with van der Waals surface area (Å²) in [6.45, 7) is 7.61. The molecule has 0 fully saturated rings. The lowest BCUT2D eigenvalue weighted by atomic mass is 9.77. The Bertz CT molecular complexity index is 2850. The van der Waals surface area contributed by atoms with E-state index in [4.69, 9.17) is 20.3 Å². The van der Waals surface area contributed by atoms with E-state index in [1.54, 1.807) is 0 Å². The van der Waals surface area contributed by atoms with Crippen LogP contribution in [0.5, 0.6) is 0 Å². The van der Waals surface area contributed by atoms with Gasteiger partial charge in [0.25, 0.3) is 0 Å². The standard InChI is InChI=1S/C55H52N8O/c1-4-19-50-56-49-35-36-51(61(38-40(2)3)52(64)37-32-41-20-9-5-10-21-41)57-54(49)62(50)39-42-30-33-43(34-31-42)47-28-17-18-29-48(47)53-58-59-60-63(53)55(44-22-11-6-12-23-44,45-24-13-7-14-25-45)46-26-15-8-16-27-46/h5-18,20-31,33-36,40H,4,19,32,37-39H2,1-3H3. The van der Waals surface area contributed by atoms with E-state index >= 15 is 0 Å². The van der Waals surface area contributed by atoms with Gasteiger partial charge < -0.3 is 4.57 Å². The Kier molecular flexibility index (Phi) is 12.3. The summed E-state index contributed by atoms with van der Waals surface area (Å²) < 4.78 is 4.21. The molecule has 0 radical (unpaired) electrons. The summed E-state index contributed by atoms with van der Waals surface area (Å²) in [4.78, 5) is 25.9. The molecule has 1 amide bonds. The first-order valence-corrected chi connectivity index (χ1v) is 22.3. The highest BCUT2D eigenvalue weighted by Crippen LogP contribution is 2.43. The molecular formula is C55H52N8O. The molecule has 9 nitrogen and oxygen atoms in total. The number of fused-ring (bicyclic) bond motifs is 1. The Morgan fingerprint density at radius 2 is 1.20 bits per heavy atom. The summed E-state index contributed by atoms with van der Waals surface area (Å²) in [5, 5.41) is 14.0. The van der Waals surface area contributed by atoms with Crippen LogP contribution in [0.2, 0.25) is 0 Å². The third kappa shape index (κ3) is 8.37. The number of nitrogens with zero attached hydrogens (tertiary/aromatic N) is 8. The van der Waals surface area contributed by atoms with Crippen LogP contribution in [0.25, 0.3) is 33.7 Å². The highest BCUT2D eigenvalue weighted by atomic mass is 16.2. The highest BCUT2D eigenvalue weighted by Gasteiger charge is 2.42. The van der Waals surface area contributed by atoms with Crippen molar-refractivity contribution in [2.75, 3.05) is 11.4 Å². The molecule has 0 unspecified atom stereocenters. The van der Waals surface area contributed by atoms with Crippen LogP contribution >= 0.6 is 0 Å². The van der Waals surface area contributed by atoms with E-state index < -0.39 is 5.54 Å². The van der Waals surface area contributed by atoms with Crippen molar-refractivity contribution >= 4 is 22.9 Å². The molecule has 0 bridgehead atoms. The number of anilines is 1. The number of tetrazole rings is 1. The summed E-state index contributed by atoms with van der Waals surface area (Å²) in [5.74, 6) is 2.63. The van der Waals surface area contributed by atoms with Crippen molar-refractivity contribution in [2.24, 2.45) is 5.92 Å². The maximum atomic E-state index is 13.8. The number of hydrogen-bond acceptors (Lipinski definition) is 6. The average molecular weight is 841 g/mol. The lowest BCUT2D eigenvalue weighted by Crippen LogP contribution is -2.39. The number of aromatic nitrogens is 7. The molecule has 0 aliphatic rings. The summed E-state index contributed by atoms with van der Waals surface area (Å²) in [6.07, 6.45) is 2.86. The number of carbonyl (C=O) groups excluding carboxylic acids is 1. The molecule has 318 valence electrons. The molecule has 9 aromatic rings. The lowest BCUT2D eigenvalue weighted by Gasteiger charge is -2.36. The van der Waals surface area contributed by atoms with Gasteiger partial charge in [-0.05, 0) is 80.3 Å². The van der Waals surface area contributed by atoms with Gasteiger partial charge in [0.2, 0.25) is 5.91 Å². The van der Waals surface area contributed by atoms with E-state index in [1.165, 1.54) is 0 Å². The number of pyridine rings is 1. The van der Waals surface area contributed by atoms with E-state index in [1.807, 2.05) is 64.2 Å². The van der Waals surface area contributed by atoms with Gasteiger partial charge in [0.15, 0.2) is 11.5 Å². The monoisotopic (exact) mass is 840 g/mol. The fourth-order valence-electron chi connectivity index (χ4n) is 8.88. The molecule has 6 aromatic carbocycles. The Labute approximate surface area is 375 Å². The second-order valence-electron chi connectivity index (χ2n) is 16.7. The van der Waals surface area contributed by atoms with Crippen LogP contribution in [0.4, 0.5) is 5.82 Å². The molecule has 0 N–H and O–H groups in total. The van der Waals surface area contributed by atoms with Gasteiger partial charge in [0, 0.05) is 24.9 Å². The summed E-state index contributed by atoms with van der Waals surface area (Å²) >= 11 is 0. The van der Waals surface area contributed by atoms with Crippen LogP contribution in [-0.4, -0.2) is 47.2 Å². The van der Waals surface area contributed by atoms with Gasteiger partial charge >= 0.3 is 0 Å². The number of aryl methyl sites for hydroxylation is 2. The number of benzene rings is 6. The van der Waals surface area contributed by atoms with Crippen LogP contribution in [0, 0.1) is 5.92 Å². The molecule has 9 rings (SSSR count). The average Bonchev–Trinajstić information content (AvgIpc) is 3.97. The van der Waals surface area contributed by atoms with Crippen LogP contribution in [0.3, 0.4) is 0 Å². The zero-order valence-corrected chi connectivity index (χ0v) is 36.6. The molecule has 0 aliphatic carbocycles. The van der Waals surface area contributed by atoms with Crippen molar-refractivity contribution in [3.8, 4) is 22.5 Å². The van der Waals surface area contributed by atoms with Crippen LogP contribution in [0.15, 0.2) is 182 Å². The fourth-order valence-corrected chi connectivity index (χ4v) is 8.88. The maximum absolute atomic E-state index is 13.8. The lowest BCUT2D eigenvalue weighted by molar-refractivity contribution is -0.118. The molecule has 0 spiro atoms. The van der Waals surface area contributed by atoms with E-state index in [0.717, 1.165) is 74.3 Å². The van der Waals surface area contributed by atoms with Crippen molar-refractivity contribution < 1.29 is 4.79 Å². The fraction of sp³-hybridized carbons (Fsp3) is 0.200. The Balaban J connectivity index is 1.07. The number of rotatable bonds is 16. The second-order valence-corrected chi connectivity index (χ2v) is 16.7. The molecule has 3 aromatic heterocycles. The minimum atomic E-state index is -0.876. The number of amides is 1. The quantitative estimate of drug-likeness (QED) is 0.0900.